The zero-order valence-electron chi connectivity index (χ0n) is 17.5. The number of hydrogen-bond acceptors (Lipinski definition) is 5. The summed E-state index contributed by atoms with van der Waals surface area (Å²) < 4.78 is 0. The smallest absolute Gasteiger partial charge is 0.225 e. The first kappa shape index (κ1) is 20.2. The topological polar surface area (TPSA) is 79.8 Å². The molecule has 160 valence electrons. The summed E-state index contributed by atoms with van der Waals surface area (Å²) in [6.45, 7) is 2.03. The molecule has 2 N–H and O–H groups in total. The van der Waals surface area contributed by atoms with E-state index in [-0.39, 0.29) is 29.3 Å². The fourth-order valence-electron chi connectivity index (χ4n) is 5.01. The minimum Gasteiger partial charge on any atom is -0.353 e. The molecule has 5 atom stereocenters. The Morgan fingerprint density at radius 2 is 2.03 bits per heavy atom. The van der Waals surface area contributed by atoms with Gasteiger partial charge in [-0.15, -0.1) is 11.6 Å². The number of anilines is 1. The quantitative estimate of drug-likeness (QED) is 0.593. The van der Waals surface area contributed by atoms with Crippen molar-refractivity contribution < 1.29 is 4.79 Å². The van der Waals surface area contributed by atoms with Gasteiger partial charge in [0.1, 0.15) is 0 Å². The standard InChI is InChI=1S/C24H26ClN5O/c1-14(19-11-16-10-17(25)6-7-21(16)29-23(19)31)28-24-27-9-8-22(30-24)20-13-26-12-15-4-2-3-5-18(15)20/h2-5,8-9,12-14,16-17,19,21H,6-7,10-11H2,1H3,(H,29,31)(H,27,28,30)/t14-,16?,17?,19?,21?/m0/s1. The monoisotopic (exact) mass is 435 g/mol. The van der Waals surface area contributed by atoms with Gasteiger partial charge in [-0.3, -0.25) is 9.78 Å². The summed E-state index contributed by atoms with van der Waals surface area (Å²) in [7, 11) is 0. The molecule has 0 radical (unpaired) electrons. The number of benzene rings is 1. The molecule has 3 heterocycles. The predicted molar refractivity (Wildman–Crippen MR) is 123 cm³/mol. The van der Waals surface area contributed by atoms with Gasteiger partial charge in [-0.2, -0.15) is 0 Å². The number of pyridine rings is 1. The number of halogens is 1. The van der Waals surface area contributed by atoms with Gasteiger partial charge in [0.2, 0.25) is 11.9 Å². The van der Waals surface area contributed by atoms with Crippen LogP contribution in [0, 0.1) is 11.8 Å². The summed E-state index contributed by atoms with van der Waals surface area (Å²) in [5, 5.41) is 8.98. The third kappa shape index (κ3) is 4.09. The Kier molecular flexibility index (Phi) is 5.48. The molecule has 5 rings (SSSR count). The summed E-state index contributed by atoms with van der Waals surface area (Å²) >= 11 is 6.39. The van der Waals surface area contributed by atoms with Crippen LogP contribution in [-0.2, 0) is 4.79 Å². The average molecular weight is 436 g/mol. The van der Waals surface area contributed by atoms with E-state index in [4.69, 9.17) is 16.6 Å². The Labute approximate surface area is 186 Å². The number of nitrogens with zero attached hydrogens (tertiary/aromatic N) is 3. The van der Waals surface area contributed by atoms with Crippen molar-refractivity contribution in [3.63, 3.8) is 0 Å². The normalized spacial score (nSPS) is 26.7. The molecule has 1 saturated carbocycles. The molecule has 1 amide bonds. The molecule has 1 aliphatic carbocycles. The van der Waals surface area contributed by atoms with E-state index in [1.807, 2.05) is 43.6 Å². The molecule has 1 saturated heterocycles. The highest BCUT2D eigenvalue weighted by atomic mass is 35.5. The van der Waals surface area contributed by atoms with Gasteiger partial charge in [-0.05, 0) is 50.0 Å². The number of carbonyl (C=O) groups is 1. The molecule has 0 bridgehead atoms. The van der Waals surface area contributed by atoms with E-state index in [1.165, 1.54) is 0 Å². The minimum atomic E-state index is -0.130. The highest BCUT2D eigenvalue weighted by Gasteiger charge is 2.41. The van der Waals surface area contributed by atoms with E-state index in [9.17, 15) is 4.79 Å². The molecular formula is C24H26ClN5O. The molecular weight excluding hydrogens is 410 g/mol. The number of amides is 1. The number of hydrogen-bond donors (Lipinski definition) is 2. The van der Waals surface area contributed by atoms with Gasteiger partial charge >= 0.3 is 0 Å². The van der Waals surface area contributed by atoms with Gasteiger partial charge in [0.25, 0.3) is 0 Å². The van der Waals surface area contributed by atoms with Gasteiger partial charge in [0.05, 0.1) is 11.6 Å². The summed E-state index contributed by atoms with van der Waals surface area (Å²) in [5.41, 5.74) is 1.77. The lowest BCUT2D eigenvalue weighted by atomic mass is 9.74. The van der Waals surface area contributed by atoms with E-state index in [0.29, 0.717) is 11.9 Å². The largest absolute Gasteiger partial charge is 0.353 e. The van der Waals surface area contributed by atoms with E-state index < -0.39 is 0 Å². The maximum absolute atomic E-state index is 12.8. The van der Waals surface area contributed by atoms with Crippen LogP contribution in [0.2, 0.25) is 0 Å². The lowest BCUT2D eigenvalue weighted by molar-refractivity contribution is -0.130. The SMILES string of the molecule is C[C@H](Nc1nccc(-c2cncc3ccccc23)n1)C1CC2CC(Cl)CCC2NC1=O. The second-order valence-corrected chi connectivity index (χ2v) is 9.35. The first-order valence-electron chi connectivity index (χ1n) is 11.0. The molecule has 7 heteroatoms. The Morgan fingerprint density at radius 3 is 2.94 bits per heavy atom. The summed E-state index contributed by atoms with van der Waals surface area (Å²) in [4.78, 5) is 26.3. The Balaban J connectivity index is 1.35. The minimum absolute atomic E-state index is 0.0856. The Hall–Kier alpha value is -2.73. The van der Waals surface area contributed by atoms with Crippen molar-refractivity contribution >= 4 is 34.2 Å². The van der Waals surface area contributed by atoms with Gasteiger partial charge in [-0.1, -0.05) is 24.3 Å². The van der Waals surface area contributed by atoms with Crippen LogP contribution in [0.25, 0.3) is 22.0 Å². The third-order valence-electron chi connectivity index (χ3n) is 6.70. The Bertz CT molecular complexity index is 1100. The number of nitrogens with one attached hydrogen (secondary N) is 2. The number of alkyl halides is 1. The number of rotatable bonds is 4. The predicted octanol–water partition coefficient (Wildman–Crippen LogP) is 4.40. The van der Waals surface area contributed by atoms with Crippen molar-refractivity contribution in [2.24, 2.45) is 11.8 Å². The maximum atomic E-state index is 12.8. The number of fused-ring (bicyclic) bond motifs is 2. The van der Waals surface area contributed by atoms with Crippen molar-refractivity contribution in [2.45, 2.75) is 50.1 Å². The highest BCUT2D eigenvalue weighted by molar-refractivity contribution is 6.20. The van der Waals surface area contributed by atoms with Crippen LogP contribution in [-0.4, -0.2) is 38.3 Å². The summed E-state index contributed by atoms with van der Waals surface area (Å²) in [6, 6.07) is 10.2. The lowest BCUT2D eigenvalue weighted by Crippen LogP contribution is -2.55. The van der Waals surface area contributed by atoms with Crippen LogP contribution < -0.4 is 10.6 Å². The van der Waals surface area contributed by atoms with Crippen LogP contribution in [0.15, 0.2) is 48.9 Å². The molecule has 4 unspecified atom stereocenters. The molecule has 2 fully saturated rings. The molecule has 31 heavy (non-hydrogen) atoms. The van der Waals surface area contributed by atoms with Crippen LogP contribution in [0.3, 0.4) is 0 Å². The summed E-state index contributed by atoms with van der Waals surface area (Å²) in [6.07, 6.45) is 9.20. The van der Waals surface area contributed by atoms with Gasteiger partial charge in [0, 0.05) is 47.0 Å². The zero-order chi connectivity index (χ0) is 21.4. The van der Waals surface area contributed by atoms with Crippen molar-refractivity contribution in [3.8, 4) is 11.3 Å². The zero-order valence-corrected chi connectivity index (χ0v) is 18.2. The van der Waals surface area contributed by atoms with Gasteiger partial charge < -0.3 is 10.6 Å². The van der Waals surface area contributed by atoms with E-state index in [2.05, 4.69) is 26.7 Å². The van der Waals surface area contributed by atoms with Gasteiger partial charge in [-0.25, -0.2) is 9.97 Å². The van der Waals surface area contributed by atoms with Crippen molar-refractivity contribution in [1.29, 1.82) is 0 Å². The van der Waals surface area contributed by atoms with E-state index in [1.54, 1.807) is 6.20 Å². The molecule has 0 spiro atoms. The second-order valence-electron chi connectivity index (χ2n) is 8.73. The lowest BCUT2D eigenvalue weighted by Gasteiger charge is -2.42. The van der Waals surface area contributed by atoms with Crippen molar-refractivity contribution in [2.75, 3.05) is 5.32 Å². The highest BCUT2D eigenvalue weighted by Crippen LogP contribution is 2.37. The van der Waals surface area contributed by atoms with E-state index in [0.717, 1.165) is 47.7 Å². The van der Waals surface area contributed by atoms with Gasteiger partial charge in [0.15, 0.2) is 0 Å². The van der Waals surface area contributed by atoms with Crippen molar-refractivity contribution in [3.05, 3.63) is 48.9 Å². The molecule has 3 aromatic rings. The third-order valence-corrected chi connectivity index (χ3v) is 7.10. The molecule has 1 aromatic carbocycles. The summed E-state index contributed by atoms with van der Waals surface area (Å²) in [5.74, 6) is 0.947. The first-order valence-corrected chi connectivity index (χ1v) is 11.4. The average Bonchev–Trinajstić information content (AvgIpc) is 2.78. The molecule has 2 aliphatic rings. The fraction of sp³-hybridized carbons (Fsp3) is 0.417. The maximum Gasteiger partial charge on any atom is 0.225 e. The van der Waals surface area contributed by atoms with Crippen LogP contribution >= 0.6 is 11.6 Å². The van der Waals surface area contributed by atoms with Crippen LogP contribution in [0.1, 0.15) is 32.6 Å². The first-order chi connectivity index (χ1) is 15.1. The fourth-order valence-corrected chi connectivity index (χ4v) is 5.37. The van der Waals surface area contributed by atoms with E-state index >= 15 is 0 Å². The second kappa shape index (κ2) is 8.42. The molecule has 2 aromatic heterocycles. The molecule has 1 aliphatic heterocycles. The molecule has 6 nitrogen and oxygen atoms in total. The van der Waals surface area contributed by atoms with Crippen LogP contribution in [0.4, 0.5) is 5.95 Å². The van der Waals surface area contributed by atoms with Crippen LogP contribution in [0.5, 0.6) is 0 Å². The van der Waals surface area contributed by atoms with Crippen molar-refractivity contribution in [1.82, 2.24) is 20.3 Å². The number of carbonyl (C=O) groups excluding carboxylic acids is 1. The number of aromatic nitrogens is 3. The number of piperidine rings is 1. The Morgan fingerprint density at radius 1 is 1.16 bits per heavy atom.